The number of rotatable bonds is 8. The van der Waals surface area contributed by atoms with Gasteiger partial charge in [-0.3, -0.25) is 4.79 Å². The standard InChI is InChI=1S/C22H22Cl2N4O4S/c1-4-9-32-20-18(23)11-15(12-19(20)24)21(29)27-16-5-7-17(8-6-16)33(30,31)28-22-25-13(2)10-14(3)26-22/h5-8,10-12H,4,9H2,1-3H3,(H,27,29)(H,25,26,28). The van der Waals surface area contributed by atoms with Gasteiger partial charge < -0.3 is 10.1 Å². The van der Waals surface area contributed by atoms with Crippen LogP contribution in [-0.2, 0) is 10.0 Å². The van der Waals surface area contributed by atoms with E-state index >= 15 is 0 Å². The van der Waals surface area contributed by atoms with Gasteiger partial charge in [0.15, 0.2) is 5.75 Å². The van der Waals surface area contributed by atoms with Gasteiger partial charge in [-0.2, -0.15) is 0 Å². The molecule has 0 spiro atoms. The first kappa shape index (κ1) is 24.8. The third-order valence-electron chi connectivity index (χ3n) is 4.34. The third-order valence-corrected chi connectivity index (χ3v) is 6.25. The van der Waals surface area contributed by atoms with Crippen molar-refractivity contribution in [2.24, 2.45) is 0 Å². The Labute approximate surface area is 202 Å². The highest BCUT2D eigenvalue weighted by Gasteiger charge is 2.18. The fraction of sp³-hybridized carbons (Fsp3) is 0.227. The van der Waals surface area contributed by atoms with E-state index in [1.165, 1.54) is 36.4 Å². The Balaban J connectivity index is 1.73. The number of carbonyl (C=O) groups is 1. The summed E-state index contributed by atoms with van der Waals surface area (Å²) in [6.07, 6.45) is 0.786. The molecular weight excluding hydrogens is 487 g/mol. The molecule has 0 bridgehead atoms. The smallest absolute Gasteiger partial charge is 0.264 e. The van der Waals surface area contributed by atoms with Gasteiger partial charge in [0.05, 0.1) is 21.5 Å². The molecule has 0 radical (unpaired) electrons. The van der Waals surface area contributed by atoms with Crippen LogP contribution in [0.15, 0.2) is 47.4 Å². The summed E-state index contributed by atoms with van der Waals surface area (Å²) in [6.45, 7) is 5.89. The molecule has 8 nitrogen and oxygen atoms in total. The minimum Gasteiger partial charge on any atom is -0.490 e. The average Bonchev–Trinajstić information content (AvgIpc) is 2.72. The summed E-state index contributed by atoms with van der Waals surface area (Å²) in [7, 11) is -3.90. The molecule has 1 aromatic heterocycles. The molecule has 3 aromatic rings. The van der Waals surface area contributed by atoms with E-state index in [0.717, 1.165) is 6.42 Å². The quantitative estimate of drug-likeness (QED) is 0.430. The molecule has 174 valence electrons. The molecule has 0 aliphatic carbocycles. The maximum absolute atomic E-state index is 12.6. The van der Waals surface area contributed by atoms with Crippen LogP contribution < -0.4 is 14.8 Å². The lowest BCUT2D eigenvalue weighted by molar-refractivity contribution is 0.102. The fourth-order valence-electron chi connectivity index (χ4n) is 2.90. The lowest BCUT2D eigenvalue weighted by atomic mass is 10.2. The number of hydrogen-bond acceptors (Lipinski definition) is 6. The highest BCUT2D eigenvalue weighted by molar-refractivity contribution is 7.92. The van der Waals surface area contributed by atoms with Gasteiger partial charge in [0.2, 0.25) is 5.95 Å². The first-order chi connectivity index (χ1) is 15.6. The number of aromatic nitrogens is 2. The minimum absolute atomic E-state index is 0.00762. The van der Waals surface area contributed by atoms with E-state index in [1.54, 1.807) is 19.9 Å². The summed E-state index contributed by atoms with van der Waals surface area (Å²) < 4.78 is 33.1. The lowest BCUT2D eigenvalue weighted by Gasteiger charge is -2.12. The van der Waals surface area contributed by atoms with Gasteiger partial charge in [-0.05, 0) is 62.7 Å². The number of sulfonamides is 1. The van der Waals surface area contributed by atoms with Gasteiger partial charge in [-0.1, -0.05) is 30.1 Å². The Hall–Kier alpha value is -2.88. The maximum Gasteiger partial charge on any atom is 0.264 e. The number of aryl methyl sites for hydroxylation is 2. The number of nitrogens with zero attached hydrogens (tertiary/aromatic N) is 2. The normalized spacial score (nSPS) is 11.2. The second kappa shape index (κ2) is 10.4. The van der Waals surface area contributed by atoms with Crippen LogP contribution in [0.1, 0.15) is 35.1 Å². The summed E-state index contributed by atoms with van der Waals surface area (Å²) in [5.74, 6) is -0.144. The second-order valence-corrected chi connectivity index (χ2v) is 9.67. The van der Waals surface area contributed by atoms with Crippen molar-refractivity contribution in [3.63, 3.8) is 0 Å². The zero-order chi connectivity index (χ0) is 24.2. The molecule has 3 rings (SSSR count). The molecule has 0 unspecified atom stereocenters. The van der Waals surface area contributed by atoms with Crippen molar-refractivity contribution in [3.05, 3.63) is 69.5 Å². The van der Waals surface area contributed by atoms with E-state index in [2.05, 4.69) is 20.0 Å². The van der Waals surface area contributed by atoms with Crippen molar-refractivity contribution in [3.8, 4) is 5.75 Å². The summed E-state index contributed by atoms with van der Waals surface area (Å²) in [5, 5.41) is 3.13. The van der Waals surface area contributed by atoms with Crippen LogP contribution in [0, 0.1) is 13.8 Å². The predicted octanol–water partition coefficient (Wildman–Crippen LogP) is 5.24. The molecule has 11 heteroatoms. The van der Waals surface area contributed by atoms with Crippen molar-refractivity contribution in [2.75, 3.05) is 16.6 Å². The molecule has 0 saturated heterocycles. The van der Waals surface area contributed by atoms with Crippen LogP contribution in [0.25, 0.3) is 0 Å². The van der Waals surface area contributed by atoms with Crippen molar-refractivity contribution < 1.29 is 17.9 Å². The number of ether oxygens (including phenoxy) is 1. The Morgan fingerprint density at radius 3 is 2.12 bits per heavy atom. The number of nitrogens with one attached hydrogen (secondary N) is 2. The van der Waals surface area contributed by atoms with E-state index < -0.39 is 15.9 Å². The van der Waals surface area contributed by atoms with E-state index in [4.69, 9.17) is 27.9 Å². The van der Waals surface area contributed by atoms with E-state index in [0.29, 0.717) is 29.4 Å². The molecule has 1 heterocycles. The number of halogens is 2. The van der Waals surface area contributed by atoms with Crippen molar-refractivity contribution in [2.45, 2.75) is 32.1 Å². The summed E-state index contributed by atoms with van der Waals surface area (Å²) in [5.41, 5.74) is 1.91. The Morgan fingerprint density at radius 1 is 1.00 bits per heavy atom. The molecule has 2 aromatic carbocycles. The summed E-state index contributed by atoms with van der Waals surface area (Å²) >= 11 is 12.4. The highest BCUT2D eigenvalue weighted by atomic mass is 35.5. The van der Waals surface area contributed by atoms with E-state index in [1.807, 2.05) is 6.92 Å². The molecule has 0 saturated carbocycles. The zero-order valence-electron chi connectivity index (χ0n) is 18.1. The van der Waals surface area contributed by atoms with Crippen LogP contribution in [-0.4, -0.2) is 30.9 Å². The molecule has 0 atom stereocenters. The van der Waals surface area contributed by atoms with Crippen LogP contribution >= 0.6 is 23.2 Å². The average molecular weight is 509 g/mol. The van der Waals surface area contributed by atoms with Crippen molar-refractivity contribution in [1.29, 1.82) is 0 Å². The monoisotopic (exact) mass is 508 g/mol. The second-order valence-electron chi connectivity index (χ2n) is 7.18. The predicted molar refractivity (Wildman–Crippen MR) is 129 cm³/mol. The largest absolute Gasteiger partial charge is 0.490 e. The van der Waals surface area contributed by atoms with Crippen LogP contribution in [0.5, 0.6) is 5.75 Å². The summed E-state index contributed by atoms with van der Waals surface area (Å²) in [6, 6.07) is 10.3. The number of anilines is 2. The number of amides is 1. The lowest BCUT2D eigenvalue weighted by Crippen LogP contribution is -2.16. The molecule has 2 N–H and O–H groups in total. The molecular formula is C22H22Cl2N4O4S. The Kier molecular flexibility index (Phi) is 7.78. The fourth-order valence-corrected chi connectivity index (χ4v) is 4.44. The Morgan fingerprint density at radius 2 is 1.58 bits per heavy atom. The van der Waals surface area contributed by atoms with Crippen LogP contribution in [0.3, 0.4) is 0 Å². The zero-order valence-corrected chi connectivity index (χ0v) is 20.5. The van der Waals surface area contributed by atoms with Gasteiger partial charge in [0.1, 0.15) is 0 Å². The molecule has 33 heavy (non-hydrogen) atoms. The number of benzene rings is 2. The first-order valence-electron chi connectivity index (χ1n) is 9.97. The molecule has 0 aliphatic heterocycles. The third kappa shape index (κ3) is 6.34. The van der Waals surface area contributed by atoms with E-state index in [-0.39, 0.29) is 26.5 Å². The number of hydrogen-bond donors (Lipinski definition) is 2. The molecule has 0 aliphatic rings. The van der Waals surface area contributed by atoms with Gasteiger partial charge in [0.25, 0.3) is 15.9 Å². The molecule has 0 fully saturated rings. The van der Waals surface area contributed by atoms with Crippen molar-refractivity contribution in [1.82, 2.24) is 9.97 Å². The first-order valence-corrected chi connectivity index (χ1v) is 12.2. The maximum atomic E-state index is 12.6. The highest BCUT2D eigenvalue weighted by Crippen LogP contribution is 2.34. The van der Waals surface area contributed by atoms with Gasteiger partial charge in [-0.15, -0.1) is 0 Å². The Bertz CT molecular complexity index is 1240. The van der Waals surface area contributed by atoms with Crippen LogP contribution in [0.2, 0.25) is 10.0 Å². The number of carbonyl (C=O) groups excluding carboxylic acids is 1. The van der Waals surface area contributed by atoms with E-state index in [9.17, 15) is 13.2 Å². The molecule has 1 amide bonds. The summed E-state index contributed by atoms with van der Waals surface area (Å²) in [4.78, 5) is 20.8. The van der Waals surface area contributed by atoms with Gasteiger partial charge in [0, 0.05) is 22.6 Å². The minimum atomic E-state index is -3.90. The van der Waals surface area contributed by atoms with Crippen LogP contribution in [0.4, 0.5) is 11.6 Å². The SMILES string of the molecule is CCCOc1c(Cl)cc(C(=O)Nc2ccc(S(=O)(=O)Nc3nc(C)cc(C)n3)cc2)cc1Cl. The topological polar surface area (TPSA) is 110 Å². The van der Waals surface area contributed by atoms with Crippen molar-refractivity contribution >= 4 is 50.8 Å². The van der Waals surface area contributed by atoms with Gasteiger partial charge in [-0.25, -0.2) is 23.1 Å². The van der Waals surface area contributed by atoms with Gasteiger partial charge >= 0.3 is 0 Å².